The zero-order chi connectivity index (χ0) is 10.7. The van der Waals surface area contributed by atoms with Crippen molar-refractivity contribution in [3.63, 3.8) is 0 Å². The summed E-state index contributed by atoms with van der Waals surface area (Å²) in [5.41, 5.74) is 0. The van der Waals surface area contributed by atoms with Crippen molar-refractivity contribution in [2.45, 2.75) is 8.59 Å². The van der Waals surface area contributed by atoms with Gasteiger partial charge in [0.1, 0.15) is 0 Å². The van der Waals surface area contributed by atoms with E-state index in [0.29, 0.717) is 0 Å². The maximum absolute atomic E-state index is 8.70. The van der Waals surface area contributed by atoms with E-state index in [-0.39, 0.29) is 0 Å². The van der Waals surface area contributed by atoms with Crippen molar-refractivity contribution in [1.29, 1.82) is 0 Å². The lowest BCUT2D eigenvalue weighted by molar-refractivity contribution is 0.405. The average Bonchev–Trinajstić information content (AvgIpc) is 1.54. The summed E-state index contributed by atoms with van der Waals surface area (Å²) in [6.07, 6.45) is 0. The highest BCUT2D eigenvalue weighted by atomic mass is 35.6. The monoisotopic (exact) mass is 317 g/mol. The lowest BCUT2D eigenvalue weighted by atomic mass is 11.9. The van der Waals surface area contributed by atoms with Gasteiger partial charge in [0.05, 0.1) is 0 Å². The maximum atomic E-state index is 8.70. The molecule has 0 bridgehead atoms. The van der Waals surface area contributed by atoms with Gasteiger partial charge in [-0.15, -0.1) is 9.79 Å². The Kier molecular flexibility index (Phi) is 24.6. The molecule has 0 spiro atoms. The van der Waals surface area contributed by atoms with Crippen molar-refractivity contribution in [3.05, 3.63) is 0 Å². The van der Waals surface area contributed by atoms with E-state index in [1.54, 1.807) is 0 Å². The summed E-state index contributed by atoms with van der Waals surface area (Å²) in [6.45, 7) is 0. The fourth-order valence-corrected chi connectivity index (χ4v) is 0. The summed E-state index contributed by atoms with van der Waals surface area (Å²) in [7, 11) is -2.87. The van der Waals surface area contributed by atoms with Gasteiger partial charge in [-0.3, -0.25) is 0 Å². The van der Waals surface area contributed by atoms with Crippen LogP contribution in [0.5, 0.6) is 0 Å². The number of hydrogen-bond acceptors (Lipinski definition) is 1. The van der Waals surface area contributed by atoms with Crippen LogP contribution in [0.3, 0.4) is 0 Å². The van der Waals surface area contributed by atoms with Crippen LogP contribution in [-0.4, -0.2) is 18.4 Å². The van der Waals surface area contributed by atoms with Crippen molar-refractivity contribution in [2.75, 3.05) is 0 Å². The van der Waals surface area contributed by atoms with E-state index < -0.39 is 16.8 Å². The molecular weight excluding hydrogens is 316 g/mol. The van der Waals surface area contributed by atoms with Crippen LogP contribution < -0.4 is 0 Å². The predicted octanol–water partition coefficient (Wildman–Crippen LogP) is 3.60. The number of alkyl halides is 6. The fourth-order valence-electron chi connectivity index (χ4n) is 0. The summed E-state index contributed by atoms with van der Waals surface area (Å²) >= 11 is 28.8. The number of hydrogen-bond donors (Lipinski definition) is 2. The van der Waals surface area contributed by atoms with E-state index in [0.717, 1.165) is 0 Å². The Bertz CT molecular complexity index is 83.3. The van der Waals surface area contributed by atoms with Gasteiger partial charge in [-0.1, -0.05) is 69.6 Å². The van der Waals surface area contributed by atoms with Crippen LogP contribution in [0.1, 0.15) is 0 Å². The standard InChI is InChI=1S/2CHCl3.HO3P/c2*2-1(3)4;1-4(2)3/h2*1H;(H-,1,2,3)/p+1. The van der Waals surface area contributed by atoms with Crippen molar-refractivity contribution in [2.24, 2.45) is 0 Å². The minimum Gasteiger partial charge on any atom is -0.134 e. The number of halogens is 6. The van der Waals surface area contributed by atoms with Crippen molar-refractivity contribution in [1.82, 2.24) is 0 Å². The molecule has 0 saturated heterocycles. The summed E-state index contributed by atoms with van der Waals surface area (Å²) in [5.74, 6) is 0. The Hall–Kier alpha value is 1.76. The Labute approximate surface area is 100 Å². The van der Waals surface area contributed by atoms with Gasteiger partial charge in [-0.2, -0.15) is 0 Å². The zero-order valence-electron chi connectivity index (χ0n) is 5.17. The van der Waals surface area contributed by atoms with Gasteiger partial charge in [-0.25, -0.2) is 0 Å². The van der Waals surface area contributed by atoms with E-state index in [4.69, 9.17) is 84.0 Å². The fraction of sp³-hybridized carbons (Fsp3) is 1.00. The van der Waals surface area contributed by atoms with E-state index in [1.165, 1.54) is 0 Å². The molecule has 0 amide bonds. The molecule has 76 valence electrons. The first-order valence-corrected chi connectivity index (χ1v) is 5.68. The molecule has 0 saturated carbocycles. The van der Waals surface area contributed by atoms with E-state index in [1.807, 2.05) is 0 Å². The van der Waals surface area contributed by atoms with Crippen LogP contribution in [0.4, 0.5) is 0 Å². The van der Waals surface area contributed by atoms with Crippen molar-refractivity contribution < 1.29 is 14.4 Å². The third-order valence-electron chi connectivity index (χ3n) is 0. The van der Waals surface area contributed by atoms with Gasteiger partial charge in [0.15, 0.2) is 8.59 Å². The molecule has 0 aliphatic rings. The van der Waals surface area contributed by atoms with Gasteiger partial charge in [0, 0.05) is 4.57 Å². The van der Waals surface area contributed by atoms with Crippen molar-refractivity contribution >= 4 is 77.9 Å². The third-order valence-corrected chi connectivity index (χ3v) is 0. The lowest BCUT2D eigenvalue weighted by Gasteiger charge is -1.69. The largest absolute Gasteiger partial charge is 0.692 e. The summed E-state index contributed by atoms with van der Waals surface area (Å²) in [5, 5.41) is 0. The molecule has 12 heavy (non-hydrogen) atoms. The SMILES string of the molecule is ClC(Cl)Cl.ClC(Cl)Cl.O=[P+](O)O. The molecule has 0 radical (unpaired) electrons. The van der Waals surface area contributed by atoms with E-state index >= 15 is 0 Å². The Morgan fingerprint density at radius 1 is 0.833 bits per heavy atom. The molecule has 10 heteroatoms. The normalized spacial score (nSPS) is 8.17. The van der Waals surface area contributed by atoms with Gasteiger partial charge in [-0.05, 0) is 0 Å². The third kappa shape index (κ3) is 440. The molecule has 0 unspecified atom stereocenters. The van der Waals surface area contributed by atoms with Gasteiger partial charge in [0.2, 0.25) is 0 Å². The highest BCUT2D eigenvalue weighted by Crippen LogP contribution is 2.04. The smallest absolute Gasteiger partial charge is 0.134 e. The highest BCUT2D eigenvalue weighted by molar-refractivity contribution is 7.30. The summed E-state index contributed by atoms with van der Waals surface area (Å²) < 4.78 is 7.20. The van der Waals surface area contributed by atoms with Gasteiger partial charge >= 0.3 is 8.25 Å². The molecule has 0 aromatic rings. The second-order valence-corrected chi connectivity index (χ2v) is 5.21. The quantitative estimate of drug-likeness (QED) is 0.530. The van der Waals surface area contributed by atoms with Gasteiger partial charge < -0.3 is 0 Å². The molecule has 0 aromatic heterocycles. The minimum atomic E-state index is -2.87. The Morgan fingerprint density at radius 2 is 0.833 bits per heavy atom. The highest BCUT2D eigenvalue weighted by Gasteiger charge is 1.93. The average molecular weight is 320 g/mol. The summed E-state index contributed by atoms with van der Waals surface area (Å²) in [4.78, 5) is 14.2. The molecule has 0 rings (SSSR count). The lowest BCUT2D eigenvalue weighted by Crippen LogP contribution is -1.55. The molecule has 3 nitrogen and oxygen atoms in total. The molecule has 0 atom stereocenters. The zero-order valence-corrected chi connectivity index (χ0v) is 10.6. The molecular formula is C2H4Cl6O3P+. The molecule has 0 aliphatic carbocycles. The van der Waals surface area contributed by atoms with Crippen molar-refractivity contribution in [3.8, 4) is 0 Å². The second kappa shape index (κ2) is 15.2. The number of rotatable bonds is 0. The molecule has 0 fully saturated rings. The predicted molar refractivity (Wildman–Crippen MR) is 54.7 cm³/mol. The van der Waals surface area contributed by atoms with Crippen LogP contribution in [0.2, 0.25) is 0 Å². The molecule has 0 aromatic carbocycles. The molecule has 2 N–H and O–H groups in total. The summed E-state index contributed by atoms with van der Waals surface area (Å²) in [6, 6.07) is 0. The molecule has 0 aliphatic heterocycles. The maximum Gasteiger partial charge on any atom is 0.692 e. The first-order valence-electron chi connectivity index (χ1n) is 1.89. The Morgan fingerprint density at radius 3 is 0.833 bits per heavy atom. The first-order chi connectivity index (χ1) is 5.20. The van der Waals surface area contributed by atoms with Gasteiger partial charge in [0.25, 0.3) is 0 Å². The van der Waals surface area contributed by atoms with E-state index in [9.17, 15) is 0 Å². The van der Waals surface area contributed by atoms with E-state index in [2.05, 4.69) is 0 Å². The first kappa shape index (κ1) is 19.4. The van der Waals surface area contributed by atoms with Crippen LogP contribution in [-0.2, 0) is 4.57 Å². The molecule has 0 heterocycles. The van der Waals surface area contributed by atoms with Crippen LogP contribution >= 0.6 is 77.9 Å². The minimum absolute atomic E-state index is 0.750. The van der Waals surface area contributed by atoms with Crippen LogP contribution in [0, 0.1) is 0 Å². The topological polar surface area (TPSA) is 57.5 Å². The van der Waals surface area contributed by atoms with Crippen LogP contribution in [0.25, 0.3) is 0 Å². The van der Waals surface area contributed by atoms with Crippen LogP contribution in [0.15, 0.2) is 0 Å². The second-order valence-electron chi connectivity index (χ2n) is 0.748. The Balaban J connectivity index is -0.000000101.